The minimum atomic E-state index is -1.15. The minimum absolute atomic E-state index is 0.0213. The van der Waals surface area contributed by atoms with Crippen LogP contribution in [0.4, 0.5) is 5.69 Å². The largest absolute Gasteiger partial charge is 0.478 e. The summed E-state index contributed by atoms with van der Waals surface area (Å²) in [7, 11) is 1.22. The number of esters is 1. The molecule has 1 saturated heterocycles. The number of anilines is 1. The summed E-state index contributed by atoms with van der Waals surface area (Å²) < 4.78 is 4.70. The second kappa shape index (κ2) is 7.48. The Kier molecular flexibility index (Phi) is 5.61. The third kappa shape index (κ3) is 3.94. The number of hydrogen-bond donors (Lipinski definition) is 1. The van der Waals surface area contributed by atoms with Gasteiger partial charge in [0.1, 0.15) is 0 Å². The molecule has 1 aromatic carbocycles. The molecule has 0 aromatic heterocycles. The summed E-state index contributed by atoms with van der Waals surface area (Å²) in [6.45, 7) is 1.79. The number of hydrogen-bond acceptors (Lipinski definition) is 6. The molecule has 0 bridgehead atoms. The quantitative estimate of drug-likeness (QED) is 0.807. The molecule has 0 radical (unpaired) electrons. The maximum absolute atomic E-state index is 12.3. The molecular formula is C16H17NO6S. The van der Waals surface area contributed by atoms with Crippen LogP contribution in [0.1, 0.15) is 34.1 Å². The normalized spacial score (nSPS) is 17.0. The van der Waals surface area contributed by atoms with E-state index in [1.165, 1.54) is 37.1 Å². The minimum Gasteiger partial charge on any atom is -0.478 e. The number of carbonyl (C=O) groups is 4. The van der Waals surface area contributed by atoms with Gasteiger partial charge in [-0.1, -0.05) is 11.8 Å². The molecule has 0 spiro atoms. The maximum atomic E-state index is 12.3. The van der Waals surface area contributed by atoms with Gasteiger partial charge in [0.15, 0.2) is 5.12 Å². The maximum Gasteiger partial charge on any atom is 0.339 e. The third-order valence-electron chi connectivity index (χ3n) is 3.67. The van der Waals surface area contributed by atoms with Gasteiger partial charge < -0.3 is 14.7 Å². The van der Waals surface area contributed by atoms with E-state index in [9.17, 15) is 19.2 Å². The number of ether oxygens (including phenoxy) is 1. The van der Waals surface area contributed by atoms with Crippen LogP contribution in [-0.4, -0.2) is 47.5 Å². The Labute approximate surface area is 143 Å². The van der Waals surface area contributed by atoms with E-state index in [0.717, 1.165) is 11.8 Å². The van der Waals surface area contributed by atoms with Gasteiger partial charge in [-0.25, -0.2) is 9.59 Å². The number of carboxylic acids is 1. The van der Waals surface area contributed by atoms with Crippen LogP contribution < -0.4 is 4.90 Å². The van der Waals surface area contributed by atoms with Gasteiger partial charge in [-0.2, -0.15) is 0 Å². The summed E-state index contributed by atoms with van der Waals surface area (Å²) in [6, 6.07) is 3.93. The molecule has 0 saturated carbocycles. The SMILES string of the molecule is COC(=O)c1ccc(C(=O)O)cc1N1CC(CSC(C)=O)CC1=O. The summed E-state index contributed by atoms with van der Waals surface area (Å²) in [5.41, 5.74) is 0.338. The van der Waals surface area contributed by atoms with Crippen LogP contribution in [0.25, 0.3) is 0 Å². The number of rotatable bonds is 5. The molecule has 2 rings (SSSR count). The second-order valence-corrected chi connectivity index (χ2v) is 6.60. The summed E-state index contributed by atoms with van der Waals surface area (Å²) in [4.78, 5) is 47.9. The number of carbonyl (C=O) groups excluding carboxylic acids is 3. The van der Waals surface area contributed by atoms with Gasteiger partial charge in [-0.15, -0.1) is 0 Å². The van der Waals surface area contributed by atoms with Crippen molar-refractivity contribution in [2.45, 2.75) is 13.3 Å². The molecule has 128 valence electrons. The predicted molar refractivity (Wildman–Crippen MR) is 88.3 cm³/mol. The highest BCUT2D eigenvalue weighted by molar-refractivity contribution is 8.13. The number of methoxy groups -OCH3 is 1. The first kappa shape index (κ1) is 18.0. The number of amides is 1. The zero-order valence-electron chi connectivity index (χ0n) is 13.3. The molecule has 1 aromatic rings. The van der Waals surface area contributed by atoms with Crippen molar-refractivity contribution in [1.29, 1.82) is 0 Å². The number of aromatic carboxylic acids is 1. The highest BCUT2D eigenvalue weighted by Gasteiger charge is 2.33. The van der Waals surface area contributed by atoms with E-state index in [-0.39, 0.29) is 40.2 Å². The van der Waals surface area contributed by atoms with E-state index in [4.69, 9.17) is 9.84 Å². The molecule has 1 aliphatic heterocycles. The highest BCUT2D eigenvalue weighted by atomic mass is 32.2. The molecule has 8 heteroatoms. The molecule has 0 aliphatic carbocycles. The Bertz CT molecular complexity index is 702. The first-order valence-corrected chi connectivity index (χ1v) is 8.21. The highest BCUT2D eigenvalue weighted by Crippen LogP contribution is 2.31. The van der Waals surface area contributed by atoms with Crippen LogP contribution in [0.3, 0.4) is 0 Å². The molecule has 7 nitrogen and oxygen atoms in total. The lowest BCUT2D eigenvalue weighted by molar-refractivity contribution is -0.117. The number of carboxylic acid groups (broad SMARTS) is 1. The van der Waals surface area contributed by atoms with Crippen LogP contribution in [0.2, 0.25) is 0 Å². The van der Waals surface area contributed by atoms with Crippen molar-refractivity contribution in [3.63, 3.8) is 0 Å². The van der Waals surface area contributed by atoms with Gasteiger partial charge >= 0.3 is 11.9 Å². The van der Waals surface area contributed by atoms with E-state index >= 15 is 0 Å². The first-order valence-electron chi connectivity index (χ1n) is 7.23. The first-order chi connectivity index (χ1) is 11.3. The molecule has 1 N–H and O–H groups in total. The Morgan fingerprint density at radius 1 is 1.38 bits per heavy atom. The summed E-state index contributed by atoms with van der Waals surface area (Å²) >= 11 is 1.15. The zero-order valence-corrected chi connectivity index (χ0v) is 14.1. The Morgan fingerprint density at radius 2 is 2.08 bits per heavy atom. The van der Waals surface area contributed by atoms with E-state index in [2.05, 4.69) is 0 Å². The van der Waals surface area contributed by atoms with Gasteiger partial charge in [0.25, 0.3) is 0 Å². The van der Waals surface area contributed by atoms with Crippen molar-refractivity contribution in [3.05, 3.63) is 29.3 Å². The van der Waals surface area contributed by atoms with E-state index in [1.807, 2.05) is 0 Å². The lowest BCUT2D eigenvalue weighted by Crippen LogP contribution is -2.27. The number of nitrogens with zero attached hydrogens (tertiary/aromatic N) is 1. The standard InChI is InChI=1S/C16H17NO6S/c1-9(18)24-8-10-5-14(19)17(7-10)13-6-11(15(20)21)3-4-12(13)16(22)23-2/h3-4,6,10H,5,7-8H2,1-2H3,(H,20,21). The van der Waals surface area contributed by atoms with Gasteiger partial charge in [0.05, 0.1) is 23.9 Å². The van der Waals surface area contributed by atoms with Crippen molar-refractivity contribution < 1.29 is 29.0 Å². The molecule has 1 heterocycles. The van der Waals surface area contributed by atoms with Crippen molar-refractivity contribution >= 4 is 40.4 Å². The van der Waals surface area contributed by atoms with Gasteiger partial charge in [-0.3, -0.25) is 9.59 Å². The summed E-state index contributed by atoms with van der Waals surface area (Å²) in [6.07, 6.45) is 0.248. The average molecular weight is 351 g/mol. The number of thioether (sulfide) groups is 1. The zero-order chi connectivity index (χ0) is 17.9. The molecule has 1 fully saturated rings. The van der Waals surface area contributed by atoms with Crippen molar-refractivity contribution in [2.75, 3.05) is 24.3 Å². The van der Waals surface area contributed by atoms with E-state index < -0.39 is 11.9 Å². The third-order valence-corrected chi connectivity index (χ3v) is 4.71. The second-order valence-electron chi connectivity index (χ2n) is 5.41. The van der Waals surface area contributed by atoms with Crippen molar-refractivity contribution in [3.8, 4) is 0 Å². The Morgan fingerprint density at radius 3 is 2.67 bits per heavy atom. The molecular weight excluding hydrogens is 334 g/mol. The fourth-order valence-electron chi connectivity index (χ4n) is 2.53. The molecule has 1 atom stereocenters. The van der Waals surface area contributed by atoms with Crippen LogP contribution in [0, 0.1) is 5.92 Å². The monoisotopic (exact) mass is 351 g/mol. The van der Waals surface area contributed by atoms with Gasteiger partial charge in [0, 0.05) is 25.6 Å². The van der Waals surface area contributed by atoms with Crippen molar-refractivity contribution in [1.82, 2.24) is 0 Å². The smallest absolute Gasteiger partial charge is 0.339 e. The predicted octanol–water partition coefficient (Wildman–Crippen LogP) is 1.80. The lowest BCUT2D eigenvalue weighted by atomic mass is 10.1. The summed E-state index contributed by atoms with van der Waals surface area (Å²) in [5.74, 6) is -1.54. The van der Waals surface area contributed by atoms with Gasteiger partial charge in [0.2, 0.25) is 5.91 Å². The van der Waals surface area contributed by atoms with Gasteiger partial charge in [-0.05, 0) is 24.1 Å². The van der Waals surface area contributed by atoms with E-state index in [1.54, 1.807) is 0 Å². The van der Waals surface area contributed by atoms with Crippen LogP contribution in [0.15, 0.2) is 18.2 Å². The molecule has 1 aliphatic rings. The summed E-state index contributed by atoms with van der Waals surface area (Å²) in [5, 5.41) is 9.12. The molecule has 1 unspecified atom stereocenters. The van der Waals surface area contributed by atoms with Crippen LogP contribution in [0.5, 0.6) is 0 Å². The Hall–Kier alpha value is -2.35. The topological polar surface area (TPSA) is 101 Å². The number of benzene rings is 1. The lowest BCUT2D eigenvalue weighted by Gasteiger charge is -2.20. The molecule has 24 heavy (non-hydrogen) atoms. The van der Waals surface area contributed by atoms with Crippen LogP contribution in [-0.2, 0) is 14.3 Å². The molecule has 1 amide bonds. The van der Waals surface area contributed by atoms with Crippen molar-refractivity contribution in [2.24, 2.45) is 5.92 Å². The fourth-order valence-corrected chi connectivity index (χ4v) is 3.23. The fraction of sp³-hybridized carbons (Fsp3) is 0.375. The average Bonchev–Trinajstić information content (AvgIpc) is 2.92. The van der Waals surface area contributed by atoms with E-state index in [0.29, 0.717) is 12.3 Å². The van der Waals surface area contributed by atoms with Crippen LogP contribution >= 0.6 is 11.8 Å². The Balaban J connectivity index is 2.33.